The second-order valence-corrected chi connectivity index (χ2v) is 10.5. The average molecular weight is 471 g/mol. The minimum Gasteiger partial charge on any atom is -0.391 e. The summed E-state index contributed by atoms with van der Waals surface area (Å²) in [6.45, 7) is 4.14. The van der Waals surface area contributed by atoms with Crippen molar-refractivity contribution in [1.29, 1.82) is 0 Å². The quantitative estimate of drug-likeness (QED) is 0.550. The minimum atomic E-state index is -0.339. The van der Waals surface area contributed by atoms with Gasteiger partial charge in [-0.3, -0.25) is 4.79 Å². The number of ether oxygens (including phenoxy) is 1. The highest BCUT2D eigenvalue weighted by Gasteiger charge is 2.39. The molecule has 0 bridgehead atoms. The molecular weight excluding hydrogens is 432 g/mol. The van der Waals surface area contributed by atoms with E-state index in [2.05, 4.69) is 25.7 Å². The van der Waals surface area contributed by atoms with Crippen LogP contribution in [0.1, 0.15) is 70.6 Å². The summed E-state index contributed by atoms with van der Waals surface area (Å²) in [6.07, 6.45) is 12.5. The topological polar surface area (TPSA) is 53.0 Å². The fourth-order valence-electron chi connectivity index (χ4n) is 5.87. The molecular formula is C23H39BrN2O3. The Labute approximate surface area is 184 Å². The van der Waals surface area contributed by atoms with Crippen LogP contribution in [-0.4, -0.2) is 76.7 Å². The number of amides is 1. The first kappa shape index (κ1) is 22.0. The van der Waals surface area contributed by atoms with Crippen LogP contribution in [0.25, 0.3) is 0 Å². The van der Waals surface area contributed by atoms with Gasteiger partial charge in [0.2, 0.25) is 5.91 Å². The molecule has 2 atom stereocenters. The molecule has 6 heteroatoms. The number of rotatable bonds is 8. The largest absolute Gasteiger partial charge is 0.391 e. The predicted octanol–water partition coefficient (Wildman–Crippen LogP) is 3.57. The Balaban J connectivity index is 1.21. The molecule has 1 heterocycles. The number of carbonyl (C=O) groups excluding carboxylic acids is 1. The van der Waals surface area contributed by atoms with Gasteiger partial charge in [0.05, 0.1) is 17.5 Å². The van der Waals surface area contributed by atoms with Crippen molar-refractivity contribution in [2.75, 3.05) is 31.6 Å². The molecule has 1 saturated heterocycles. The van der Waals surface area contributed by atoms with Gasteiger partial charge in [0.1, 0.15) is 0 Å². The maximum atomic E-state index is 12.6. The Morgan fingerprint density at radius 1 is 0.931 bits per heavy atom. The molecule has 0 aromatic heterocycles. The summed E-state index contributed by atoms with van der Waals surface area (Å²) in [5, 5.41) is 10.7. The van der Waals surface area contributed by atoms with E-state index in [9.17, 15) is 9.90 Å². The van der Waals surface area contributed by atoms with Crippen molar-refractivity contribution in [2.45, 2.75) is 94.9 Å². The Kier molecular flexibility index (Phi) is 7.93. The summed E-state index contributed by atoms with van der Waals surface area (Å²) >= 11 is 3.36. The van der Waals surface area contributed by atoms with Crippen LogP contribution < -0.4 is 0 Å². The number of carbonyl (C=O) groups is 1. The lowest BCUT2D eigenvalue weighted by atomic mass is 9.85. The fraction of sp³-hybridized carbons (Fsp3) is 0.957. The molecule has 1 N–H and O–H groups in total. The van der Waals surface area contributed by atoms with Gasteiger partial charge in [-0.15, -0.1) is 0 Å². The smallest absolute Gasteiger partial charge is 0.233 e. The van der Waals surface area contributed by atoms with Crippen LogP contribution in [0.15, 0.2) is 0 Å². The van der Waals surface area contributed by atoms with E-state index in [1.165, 1.54) is 38.5 Å². The molecule has 0 aromatic rings. The van der Waals surface area contributed by atoms with Crippen molar-refractivity contribution >= 4 is 21.8 Å². The summed E-state index contributed by atoms with van der Waals surface area (Å²) in [5.74, 6) is 1.79. The van der Waals surface area contributed by atoms with Crippen molar-refractivity contribution in [3.8, 4) is 0 Å². The van der Waals surface area contributed by atoms with Crippen LogP contribution >= 0.6 is 15.9 Å². The van der Waals surface area contributed by atoms with E-state index in [1.54, 1.807) is 0 Å². The van der Waals surface area contributed by atoms with Gasteiger partial charge in [-0.05, 0) is 82.5 Å². The number of likely N-dealkylation sites (tertiary alicyclic amines) is 1. The number of aliphatic hydroxyl groups excluding tert-OH is 1. The van der Waals surface area contributed by atoms with E-state index in [1.807, 2.05) is 0 Å². The Morgan fingerprint density at radius 2 is 1.55 bits per heavy atom. The summed E-state index contributed by atoms with van der Waals surface area (Å²) in [4.78, 5) is 17.4. The fourth-order valence-corrected chi connectivity index (χ4v) is 6.16. The highest BCUT2D eigenvalue weighted by Crippen LogP contribution is 2.34. The molecule has 0 spiro atoms. The summed E-state index contributed by atoms with van der Waals surface area (Å²) in [7, 11) is 0. The highest BCUT2D eigenvalue weighted by atomic mass is 79.9. The lowest BCUT2D eigenvalue weighted by molar-refractivity contribution is -0.137. The second-order valence-electron chi connectivity index (χ2n) is 9.92. The molecule has 29 heavy (non-hydrogen) atoms. The minimum absolute atomic E-state index is 0.0303. The lowest BCUT2D eigenvalue weighted by Crippen LogP contribution is -2.55. The Morgan fingerprint density at radius 3 is 2.07 bits per heavy atom. The molecule has 3 saturated carbocycles. The van der Waals surface area contributed by atoms with Crippen LogP contribution in [0, 0.1) is 11.8 Å². The van der Waals surface area contributed by atoms with Gasteiger partial charge in [0.15, 0.2) is 0 Å². The number of alkyl halides is 1. The Hall–Kier alpha value is -0.170. The number of halogens is 1. The molecule has 5 nitrogen and oxygen atoms in total. The monoisotopic (exact) mass is 470 g/mol. The number of hydrogen-bond acceptors (Lipinski definition) is 4. The van der Waals surface area contributed by atoms with E-state index >= 15 is 0 Å². The summed E-state index contributed by atoms with van der Waals surface area (Å²) in [5.41, 5.74) is 0. The number of hydrogen-bond donors (Lipinski definition) is 1. The van der Waals surface area contributed by atoms with Gasteiger partial charge in [-0.25, -0.2) is 0 Å². The van der Waals surface area contributed by atoms with Crippen molar-refractivity contribution in [2.24, 2.45) is 11.8 Å². The van der Waals surface area contributed by atoms with Crippen LogP contribution in [0.3, 0.4) is 0 Å². The molecule has 4 fully saturated rings. The van der Waals surface area contributed by atoms with Gasteiger partial charge in [-0.1, -0.05) is 15.9 Å². The van der Waals surface area contributed by atoms with Crippen molar-refractivity contribution in [1.82, 2.24) is 9.80 Å². The first-order chi connectivity index (χ1) is 14.2. The third-order valence-corrected chi connectivity index (χ3v) is 8.31. The zero-order valence-electron chi connectivity index (χ0n) is 17.8. The molecule has 166 valence electrons. The zero-order valence-corrected chi connectivity index (χ0v) is 19.4. The van der Waals surface area contributed by atoms with Crippen molar-refractivity contribution in [3.63, 3.8) is 0 Å². The van der Waals surface area contributed by atoms with Crippen LogP contribution in [0.5, 0.6) is 0 Å². The highest BCUT2D eigenvalue weighted by molar-refractivity contribution is 9.09. The van der Waals surface area contributed by atoms with Crippen molar-refractivity contribution < 1.29 is 14.6 Å². The van der Waals surface area contributed by atoms with Crippen LogP contribution in [-0.2, 0) is 9.53 Å². The van der Waals surface area contributed by atoms with E-state index in [4.69, 9.17) is 4.74 Å². The summed E-state index contributed by atoms with van der Waals surface area (Å²) in [6, 6.07) is 1.04. The molecule has 4 aliphatic rings. The van der Waals surface area contributed by atoms with Crippen molar-refractivity contribution in [3.05, 3.63) is 0 Å². The van der Waals surface area contributed by atoms with Gasteiger partial charge >= 0.3 is 0 Å². The SMILES string of the molecule is O=C(CBr)N(C1CCN(C2CCC(COCC3CC3)CC2)CC1)[C@H]1CCC[C@H]1O. The van der Waals surface area contributed by atoms with E-state index in [0.29, 0.717) is 17.4 Å². The average Bonchev–Trinajstić information content (AvgIpc) is 3.49. The molecule has 0 unspecified atom stereocenters. The third kappa shape index (κ3) is 5.75. The summed E-state index contributed by atoms with van der Waals surface area (Å²) < 4.78 is 5.93. The maximum absolute atomic E-state index is 12.6. The number of piperidine rings is 1. The first-order valence-corrected chi connectivity index (χ1v) is 13.1. The van der Waals surface area contributed by atoms with Gasteiger partial charge in [-0.2, -0.15) is 0 Å². The standard InChI is InChI=1S/C23H39BrN2O3/c24-14-23(28)26(21-2-1-3-22(21)27)20-10-12-25(13-11-20)19-8-6-18(7-9-19)16-29-15-17-4-5-17/h17-22,27H,1-16H2/t18?,19?,21-,22+/m0/s1. The first-order valence-electron chi connectivity index (χ1n) is 12.0. The van der Waals surface area contributed by atoms with Crippen LogP contribution in [0.2, 0.25) is 0 Å². The molecule has 0 radical (unpaired) electrons. The van der Waals surface area contributed by atoms with Gasteiger partial charge in [0, 0.05) is 38.4 Å². The number of nitrogens with zero attached hydrogens (tertiary/aromatic N) is 2. The zero-order chi connectivity index (χ0) is 20.2. The van der Waals surface area contributed by atoms with E-state index in [-0.39, 0.29) is 18.1 Å². The normalized spacial score (nSPS) is 34.4. The van der Waals surface area contributed by atoms with E-state index < -0.39 is 0 Å². The molecule has 1 aliphatic heterocycles. The van der Waals surface area contributed by atoms with E-state index in [0.717, 1.165) is 70.2 Å². The molecule has 4 rings (SSSR count). The molecule has 1 amide bonds. The third-order valence-electron chi connectivity index (χ3n) is 7.83. The van der Waals surface area contributed by atoms with Gasteiger partial charge in [0.25, 0.3) is 0 Å². The molecule has 0 aromatic carbocycles. The van der Waals surface area contributed by atoms with Gasteiger partial charge < -0.3 is 19.6 Å². The lowest BCUT2D eigenvalue weighted by Gasteiger charge is -2.45. The maximum Gasteiger partial charge on any atom is 0.233 e. The Bertz CT molecular complexity index is 528. The predicted molar refractivity (Wildman–Crippen MR) is 118 cm³/mol. The number of aliphatic hydroxyl groups is 1. The van der Waals surface area contributed by atoms with Crippen LogP contribution in [0.4, 0.5) is 0 Å². The second kappa shape index (κ2) is 10.4. The molecule has 3 aliphatic carbocycles.